The molecule has 0 aliphatic heterocycles. The number of aliphatic hydroxyl groups is 2. The Bertz CT molecular complexity index is 893. The van der Waals surface area contributed by atoms with Crippen LogP contribution in [0.15, 0.2) is 12.2 Å². The number of esters is 1. The molecule has 350 valence electrons. The van der Waals surface area contributed by atoms with Crippen LogP contribution in [0, 0.1) is 0 Å². The summed E-state index contributed by atoms with van der Waals surface area (Å²) < 4.78 is 5.94. The van der Waals surface area contributed by atoms with E-state index >= 15 is 0 Å². The predicted molar refractivity (Wildman–Crippen MR) is 255 cm³/mol. The Morgan fingerprint density at radius 3 is 1.22 bits per heavy atom. The van der Waals surface area contributed by atoms with Crippen molar-refractivity contribution in [3.05, 3.63) is 12.2 Å². The van der Waals surface area contributed by atoms with Crippen molar-refractivity contribution in [2.75, 3.05) is 6.61 Å². The van der Waals surface area contributed by atoms with Crippen LogP contribution in [0.1, 0.15) is 290 Å². The summed E-state index contributed by atoms with van der Waals surface area (Å²) >= 11 is 0. The average molecular weight is 834 g/mol. The molecule has 0 bridgehead atoms. The summed E-state index contributed by atoms with van der Waals surface area (Å²) in [7, 11) is 0. The molecule has 0 saturated carbocycles. The Hall–Kier alpha value is -1.40. The number of nitrogens with one attached hydrogen (secondary N) is 1. The summed E-state index contributed by atoms with van der Waals surface area (Å²) in [5.74, 6) is -0.465. The van der Waals surface area contributed by atoms with Gasteiger partial charge in [-0.15, -0.1) is 0 Å². The fourth-order valence-corrected chi connectivity index (χ4v) is 8.31. The smallest absolute Gasteiger partial charge is 0.306 e. The third kappa shape index (κ3) is 43.1. The van der Waals surface area contributed by atoms with Crippen molar-refractivity contribution < 1.29 is 24.5 Å². The van der Waals surface area contributed by atoms with Crippen LogP contribution in [0.25, 0.3) is 0 Å². The first kappa shape index (κ1) is 57.6. The van der Waals surface area contributed by atoms with Crippen LogP contribution in [0.2, 0.25) is 0 Å². The molecule has 6 nitrogen and oxygen atoms in total. The summed E-state index contributed by atoms with van der Waals surface area (Å²) in [6.45, 7) is 6.48. The number of carbonyl (C=O) groups is 2. The van der Waals surface area contributed by atoms with E-state index in [4.69, 9.17) is 4.74 Å². The molecule has 0 aliphatic carbocycles. The van der Waals surface area contributed by atoms with Gasteiger partial charge in [0.25, 0.3) is 0 Å². The second kappa shape index (κ2) is 47.6. The Morgan fingerprint density at radius 1 is 0.475 bits per heavy atom. The lowest BCUT2D eigenvalue weighted by molar-refractivity contribution is -0.151. The third-order valence-corrected chi connectivity index (χ3v) is 12.3. The van der Waals surface area contributed by atoms with E-state index in [1.165, 1.54) is 186 Å². The van der Waals surface area contributed by atoms with Crippen LogP contribution in [-0.2, 0) is 14.3 Å². The van der Waals surface area contributed by atoms with Crippen LogP contribution >= 0.6 is 0 Å². The molecule has 0 aromatic carbocycles. The van der Waals surface area contributed by atoms with Crippen LogP contribution in [-0.4, -0.2) is 46.9 Å². The zero-order valence-corrected chi connectivity index (χ0v) is 39.9. The highest BCUT2D eigenvalue weighted by Gasteiger charge is 2.24. The number of allylic oxidation sites excluding steroid dienone is 2. The lowest BCUT2D eigenvalue weighted by atomic mass is 10.0. The topological polar surface area (TPSA) is 95.9 Å². The van der Waals surface area contributed by atoms with Gasteiger partial charge in [0.05, 0.1) is 25.2 Å². The summed E-state index contributed by atoms with van der Waals surface area (Å²) in [5, 5.41) is 23.7. The minimum Gasteiger partial charge on any atom is -0.462 e. The zero-order chi connectivity index (χ0) is 43.1. The Kier molecular flexibility index (Phi) is 46.5. The molecule has 0 spiro atoms. The first-order valence-electron chi connectivity index (χ1n) is 26.4. The van der Waals surface area contributed by atoms with Gasteiger partial charge in [-0.1, -0.05) is 238 Å². The molecule has 0 fully saturated rings. The van der Waals surface area contributed by atoms with Crippen molar-refractivity contribution in [2.24, 2.45) is 0 Å². The molecular formula is C53H103NO5. The fourth-order valence-electron chi connectivity index (χ4n) is 8.31. The second-order valence-corrected chi connectivity index (χ2v) is 18.3. The maximum absolute atomic E-state index is 13.2. The van der Waals surface area contributed by atoms with Gasteiger partial charge in [-0.05, 0) is 51.4 Å². The van der Waals surface area contributed by atoms with Crippen molar-refractivity contribution in [1.82, 2.24) is 5.32 Å². The van der Waals surface area contributed by atoms with Crippen molar-refractivity contribution >= 4 is 11.9 Å². The first-order valence-corrected chi connectivity index (χ1v) is 26.4. The Morgan fingerprint density at radius 2 is 0.814 bits per heavy atom. The van der Waals surface area contributed by atoms with Gasteiger partial charge in [0.15, 0.2) is 0 Å². The molecule has 0 saturated heterocycles. The van der Waals surface area contributed by atoms with Crippen LogP contribution in [0.5, 0.6) is 0 Å². The van der Waals surface area contributed by atoms with Gasteiger partial charge in [0.2, 0.25) is 5.91 Å². The highest BCUT2D eigenvalue weighted by Crippen LogP contribution is 2.18. The molecular weight excluding hydrogens is 731 g/mol. The van der Waals surface area contributed by atoms with E-state index in [-0.39, 0.29) is 24.9 Å². The summed E-state index contributed by atoms with van der Waals surface area (Å²) in [6, 6.07) is -0.697. The van der Waals surface area contributed by atoms with Gasteiger partial charge in [0.1, 0.15) is 6.10 Å². The number of hydrogen-bond donors (Lipinski definition) is 3. The quantitative estimate of drug-likeness (QED) is 0.0322. The summed E-state index contributed by atoms with van der Waals surface area (Å²) in [6.07, 6.45) is 52.7. The zero-order valence-electron chi connectivity index (χ0n) is 39.9. The van der Waals surface area contributed by atoms with E-state index in [1.807, 2.05) is 0 Å². The van der Waals surface area contributed by atoms with Crippen LogP contribution in [0.4, 0.5) is 0 Å². The third-order valence-electron chi connectivity index (χ3n) is 12.3. The highest BCUT2D eigenvalue weighted by atomic mass is 16.5. The van der Waals surface area contributed by atoms with Gasteiger partial charge in [-0.3, -0.25) is 9.59 Å². The molecule has 0 heterocycles. The maximum atomic E-state index is 13.2. The molecule has 0 aromatic heterocycles. The summed E-state index contributed by atoms with van der Waals surface area (Å²) in [5.41, 5.74) is 0. The molecule has 0 radical (unpaired) electrons. The van der Waals surface area contributed by atoms with E-state index < -0.39 is 18.2 Å². The standard InChI is InChI=1S/C53H103NO5/c1-4-7-10-13-16-19-22-24-25-26-27-29-31-34-37-40-43-46-53(58)59-49(44-41-38-35-32-30-28-23-20-17-14-11-8-5-2)47-52(57)54-50(48-55)51(56)45-42-39-36-33-21-18-15-12-9-6-3/h20,23,49-51,55-56H,4-19,21-22,24-48H2,1-3H3,(H,54,57)/b23-20-. The molecule has 3 atom stereocenters. The molecule has 0 aromatic rings. The van der Waals surface area contributed by atoms with E-state index in [1.54, 1.807) is 0 Å². The molecule has 1 amide bonds. The van der Waals surface area contributed by atoms with Gasteiger partial charge < -0.3 is 20.3 Å². The molecule has 0 rings (SSSR count). The SMILES string of the molecule is CCCCCC/C=C\CCCCCCCC(CC(=O)NC(CO)C(O)CCCCCCCCCCCC)OC(=O)CCCCCCCCCCCCCCCCCCC. The molecule has 3 unspecified atom stereocenters. The number of carbonyl (C=O) groups excluding carboxylic acids is 2. The van der Waals surface area contributed by atoms with Crippen LogP contribution < -0.4 is 5.32 Å². The molecule has 59 heavy (non-hydrogen) atoms. The van der Waals surface area contributed by atoms with Crippen molar-refractivity contribution in [3.8, 4) is 0 Å². The Balaban J connectivity index is 4.50. The van der Waals surface area contributed by atoms with Gasteiger partial charge >= 0.3 is 5.97 Å². The van der Waals surface area contributed by atoms with Gasteiger partial charge in [-0.25, -0.2) is 0 Å². The van der Waals surface area contributed by atoms with Gasteiger partial charge in [0, 0.05) is 6.42 Å². The average Bonchev–Trinajstić information content (AvgIpc) is 3.23. The van der Waals surface area contributed by atoms with E-state index in [2.05, 4.69) is 38.2 Å². The lowest BCUT2D eigenvalue weighted by Crippen LogP contribution is -2.46. The Labute approximate surface area is 368 Å². The monoisotopic (exact) mass is 834 g/mol. The number of aliphatic hydroxyl groups excluding tert-OH is 2. The summed E-state index contributed by atoms with van der Waals surface area (Å²) in [4.78, 5) is 26.1. The normalized spacial score (nSPS) is 13.2. The number of amides is 1. The number of rotatable bonds is 48. The maximum Gasteiger partial charge on any atom is 0.306 e. The molecule has 3 N–H and O–H groups in total. The van der Waals surface area contributed by atoms with Crippen molar-refractivity contribution in [1.29, 1.82) is 0 Å². The number of unbranched alkanes of at least 4 members (excludes halogenated alkanes) is 34. The molecule has 6 heteroatoms. The first-order chi connectivity index (χ1) is 29.0. The second-order valence-electron chi connectivity index (χ2n) is 18.3. The minimum atomic E-state index is -0.783. The highest BCUT2D eigenvalue weighted by molar-refractivity contribution is 5.77. The van der Waals surface area contributed by atoms with E-state index in [0.717, 1.165) is 57.8 Å². The van der Waals surface area contributed by atoms with Gasteiger partial charge in [-0.2, -0.15) is 0 Å². The largest absolute Gasteiger partial charge is 0.462 e. The molecule has 0 aliphatic rings. The van der Waals surface area contributed by atoms with E-state index in [9.17, 15) is 19.8 Å². The van der Waals surface area contributed by atoms with E-state index in [0.29, 0.717) is 19.3 Å². The fraction of sp³-hybridized carbons (Fsp3) is 0.925. The van der Waals surface area contributed by atoms with Crippen molar-refractivity contribution in [3.63, 3.8) is 0 Å². The van der Waals surface area contributed by atoms with Crippen LogP contribution in [0.3, 0.4) is 0 Å². The van der Waals surface area contributed by atoms with Crippen molar-refractivity contribution in [2.45, 2.75) is 309 Å². The number of hydrogen-bond acceptors (Lipinski definition) is 5. The predicted octanol–water partition coefficient (Wildman–Crippen LogP) is 15.7. The minimum absolute atomic E-state index is 0.0787. The lowest BCUT2D eigenvalue weighted by Gasteiger charge is -2.24. The number of ether oxygens (including phenoxy) is 1.